The summed E-state index contributed by atoms with van der Waals surface area (Å²) in [7, 11) is -1.60. The van der Waals surface area contributed by atoms with E-state index in [9.17, 15) is 17.6 Å². The zero-order chi connectivity index (χ0) is 18.0. The van der Waals surface area contributed by atoms with Gasteiger partial charge < -0.3 is 10.1 Å². The lowest BCUT2D eigenvalue weighted by Gasteiger charge is -2.06. The number of hydrogen-bond donors (Lipinski definition) is 1. The number of methoxy groups -OCH3 is 1. The molecule has 2 aromatic rings. The number of aromatic nitrogens is 1. The second-order valence-corrected chi connectivity index (χ2v) is 9.00. The topological polar surface area (TPSA) is 85.4 Å². The fourth-order valence-electron chi connectivity index (χ4n) is 2.75. The standard InChI is InChI=1S/C16H17FN2O4S2/c1-23-14-3-2-11(7-12(14)17)13-8-24-16(18-13)19-15(20)6-10-4-5-25(21,22)9-10/h2-3,7-8,10H,4-6,9H2,1H3,(H,18,19,20). The van der Waals surface area contributed by atoms with E-state index < -0.39 is 15.7 Å². The summed E-state index contributed by atoms with van der Waals surface area (Å²) in [4.78, 5) is 16.3. The summed E-state index contributed by atoms with van der Waals surface area (Å²) in [6, 6.07) is 4.53. The summed E-state index contributed by atoms with van der Waals surface area (Å²) in [5.74, 6) is -0.520. The summed E-state index contributed by atoms with van der Waals surface area (Å²) in [5, 5.41) is 4.80. The maximum absolute atomic E-state index is 13.8. The molecule has 9 heteroatoms. The van der Waals surface area contributed by atoms with Crippen LogP contribution < -0.4 is 10.1 Å². The molecular formula is C16H17FN2O4S2. The molecule has 0 spiro atoms. The number of benzene rings is 1. The van der Waals surface area contributed by atoms with Crippen molar-refractivity contribution < 1.29 is 22.3 Å². The fourth-order valence-corrected chi connectivity index (χ4v) is 5.35. The van der Waals surface area contributed by atoms with Crippen molar-refractivity contribution in [2.45, 2.75) is 12.8 Å². The van der Waals surface area contributed by atoms with E-state index in [1.807, 2.05) is 0 Å². The van der Waals surface area contributed by atoms with Crippen LogP contribution in [0.25, 0.3) is 11.3 Å². The average Bonchev–Trinajstić information content (AvgIpc) is 3.13. The summed E-state index contributed by atoms with van der Waals surface area (Å²) >= 11 is 1.23. The van der Waals surface area contributed by atoms with Gasteiger partial charge in [0.25, 0.3) is 0 Å². The molecule has 1 aromatic carbocycles. The molecular weight excluding hydrogens is 367 g/mol. The molecule has 3 rings (SSSR count). The van der Waals surface area contributed by atoms with E-state index in [0.717, 1.165) is 0 Å². The first-order chi connectivity index (χ1) is 11.9. The predicted octanol–water partition coefficient (Wildman–Crippen LogP) is 2.72. The molecule has 2 heterocycles. The highest BCUT2D eigenvalue weighted by Crippen LogP contribution is 2.29. The van der Waals surface area contributed by atoms with E-state index in [1.54, 1.807) is 11.4 Å². The molecule has 6 nitrogen and oxygen atoms in total. The molecule has 0 radical (unpaired) electrons. The van der Waals surface area contributed by atoms with E-state index in [-0.39, 0.29) is 35.5 Å². The van der Waals surface area contributed by atoms with Gasteiger partial charge in [-0.3, -0.25) is 4.79 Å². The molecule has 25 heavy (non-hydrogen) atoms. The molecule has 1 fully saturated rings. The molecule has 1 aliphatic heterocycles. The van der Waals surface area contributed by atoms with Gasteiger partial charge in [-0.25, -0.2) is 17.8 Å². The molecule has 1 atom stereocenters. The minimum atomic E-state index is -2.99. The van der Waals surface area contributed by atoms with E-state index in [1.165, 1.54) is 30.6 Å². The van der Waals surface area contributed by atoms with Crippen molar-refractivity contribution in [3.05, 3.63) is 29.4 Å². The third-order valence-corrected chi connectivity index (χ3v) is 6.59. The minimum Gasteiger partial charge on any atom is -0.494 e. The highest BCUT2D eigenvalue weighted by Gasteiger charge is 2.29. The second kappa shape index (κ2) is 7.09. The van der Waals surface area contributed by atoms with Crippen molar-refractivity contribution in [2.75, 3.05) is 23.9 Å². The van der Waals surface area contributed by atoms with Crippen LogP contribution in [0.1, 0.15) is 12.8 Å². The Balaban J connectivity index is 1.63. The first kappa shape index (κ1) is 17.8. The predicted molar refractivity (Wildman–Crippen MR) is 94.1 cm³/mol. The number of sulfone groups is 1. The highest BCUT2D eigenvalue weighted by molar-refractivity contribution is 7.91. The van der Waals surface area contributed by atoms with E-state index in [0.29, 0.717) is 22.8 Å². The number of hydrogen-bond acceptors (Lipinski definition) is 6. The van der Waals surface area contributed by atoms with E-state index in [4.69, 9.17) is 4.74 Å². The number of rotatable bonds is 5. The first-order valence-electron chi connectivity index (χ1n) is 7.66. The SMILES string of the molecule is COc1ccc(-c2csc(NC(=O)CC3CCS(=O)(=O)C3)n2)cc1F. The Kier molecular flexibility index (Phi) is 5.05. The lowest BCUT2D eigenvalue weighted by Crippen LogP contribution is -2.17. The largest absolute Gasteiger partial charge is 0.494 e. The molecule has 0 aliphatic carbocycles. The van der Waals surface area contributed by atoms with Crippen molar-refractivity contribution in [3.63, 3.8) is 0 Å². The molecule has 0 bridgehead atoms. The van der Waals surface area contributed by atoms with Crippen LogP contribution in [-0.4, -0.2) is 37.9 Å². The zero-order valence-electron chi connectivity index (χ0n) is 13.5. The van der Waals surface area contributed by atoms with Crippen LogP contribution in [-0.2, 0) is 14.6 Å². The molecule has 1 unspecified atom stereocenters. The Morgan fingerprint density at radius 3 is 2.92 bits per heavy atom. The zero-order valence-corrected chi connectivity index (χ0v) is 15.1. The first-order valence-corrected chi connectivity index (χ1v) is 10.4. The fraction of sp³-hybridized carbons (Fsp3) is 0.375. The third-order valence-electron chi connectivity index (χ3n) is 4.00. The van der Waals surface area contributed by atoms with Crippen LogP contribution in [0.4, 0.5) is 9.52 Å². The van der Waals surface area contributed by atoms with Crippen molar-refractivity contribution in [3.8, 4) is 17.0 Å². The Morgan fingerprint density at radius 2 is 2.28 bits per heavy atom. The van der Waals surface area contributed by atoms with Gasteiger partial charge in [0.05, 0.1) is 24.3 Å². The molecule has 1 N–H and O–H groups in total. The molecule has 134 valence electrons. The monoisotopic (exact) mass is 384 g/mol. The van der Waals surface area contributed by atoms with Gasteiger partial charge in [-0.05, 0) is 30.5 Å². The molecule has 0 saturated carbocycles. The van der Waals surface area contributed by atoms with E-state index in [2.05, 4.69) is 10.3 Å². The highest BCUT2D eigenvalue weighted by atomic mass is 32.2. The van der Waals surface area contributed by atoms with E-state index >= 15 is 0 Å². The number of carbonyl (C=O) groups is 1. The van der Waals surface area contributed by atoms with Gasteiger partial charge in [-0.1, -0.05) is 0 Å². The van der Waals surface area contributed by atoms with Crippen molar-refractivity contribution in [2.24, 2.45) is 5.92 Å². The number of amides is 1. The van der Waals surface area contributed by atoms with Gasteiger partial charge in [-0.2, -0.15) is 0 Å². The van der Waals surface area contributed by atoms with Crippen molar-refractivity contribution in [1.29, 1.82) is 0 Å². The molecule has 1 aliphatic rings. The van der Waals surface area contributed by atoms with Gasteiger partial charge in [0.1, 0.15) is 0 Å². The Morgan fingerprint density at radius 1 is 1.48 bits per heavy atom. The van der Waals surface area contributed by atoms with Crippen LogP contribution in [0.2, 0.25) is 0 Å². The van der Waals surface area contributed by atoms with Crippen molar-refractivity contribution in [1.82, 2.24) is 4.98 Å². The number of carbonyl (C=O) groups excluding carboxylic acids is 1. The minimum absolute atomic E-state index is 0.0642. The number of anilines is 1. The maximum atomic E-state index is 13.8. The maximum Gasteiger partial charge on any atom is 0.226 e. The normalized spacial score (nSPS) is 18.9. The van der Waals surface area contributed by atoms with Crippen LogP contribution in [0.5, 0.6) is 5.75 Å². The second-order valence-electron chi connectivity index (χ2n) is 5.91. The lowest BCUT2D eigenvalue weighted by atomic mass is 10.1. The number of ether oxygens (including phenoxy) is 1. The van der Waals surface area contributed by atoms with Crippen LogP contribution >= 0.6 is 11.3 Å². The van der Waals surface area contributed by atoms with Crippen LogP contribution in [0.3, 0.4) is 0 Å². The van der Waals surface area contributed by atoms with Crippen molar-refractivity contribution >= 4 is 32.2 Å². The summed E-state index contributed by atoms with van der Waals surface area (Å²) < 4.78 is 41.5. The summed E-state index contributed by atoms with van der Waals surface area (Å²) in [6.07, 6.45) is 0.676. The number of thiazole rings is 1. The Bertz CT molecular complexity index is 895. The van der Waals surface area contributed by atoms with Gasteiger partial charge >= 0.3 is 0 Å². The lowest BCUT2D eigenvalue weighted by molar-refractivity contribution is -0.116. The summed E-state index contributed by atoms with van der Waals surface area (Å²) in [5.41, 5.74) is 1.13. The van der Waals surface area contributed by atoms with Crippen LogP contribution in [0.15, 0.2) is 23.6 Å². The molecule has 1 saturated heterocycles. The average molecular weight is 384 g/mol. The van der Waals surface area contributed by atoms with Gasteiger partial charge in [0.15, 0.2) is 26.5 Å². The Labute approximate surface area is 149 Å². The van der Waals surface area contributed by atoms with Gasteiger partial charge in [0, 0.05) is 17.4 Å². The quantitative estimate of drug-likeness (QED) is 0.857. The number of nitrogens with zero attached hydrogens (tertiary/aromatic N) is 1. The summed E-state index contributed by atoms with van der Waals surface area (Å²) in [6.45, 7) is 0. The molecule has 1 aromatic heterocycles. The number of nitrogens with one attached hydrogen (secondary N) is 1. The Hall–Kier alpha value is -2.00. The molecule has 1 amide bonds. The van der Waals surface area contributed by atoms with Crippen LogP contribution in [0, 0.1) is 11.7 Å². The third kappa shape index (κ3) is 4.35. The van der Waals surface area contributed by atoms with Gasteiger partial charge in [-0.15, -0.1) is 11.3 Å². The smallest absolute Gasteiger partial charge is 0.226 e. The number of halogens is 1. The van der Waals surface area contributed by atoms with Gasteiger partial charge in [0.2, 0.25) is 5.91 Å².